The molecule has 2 aromatic heterocycles. The maximum absolute atomic E-state index is 12.7. The Kier molecular flexibility index (Phi) is 4.86. The van der Waals surface area contributed by atoms with Crippen LogP contribution in [-0.2, 0) is 11.3 Å². The number of anilines is 1. The van der Waals surface area contributed by atoms with E-state index in [1.54, 1.807) is 19.2 Å². The van der Waals surface area contributed by atoms with E-state index in [9.17, 15) is 9.59 Å². The zero-order chi connectivity index (χ0) is 22.2. The average Bonchev–Trinajstić information content (AvgIpc) is 3.16. The van der Waals surface area contributed by atoms with Crippen molar-refractivity contribution in [2.75, 3.05) is 12.4 Å². The van der Waals surface area contributed by atoms with Gasteiger partial charge in [-0.1, -0.05) is 30.3 Å². The van der Waals surface area contributed by atoms with Crippen LogP contribution in [0, 0.1) is 6.92 Å². The number of methoxy groups -OCH3 is 1. The lowest BCUT2D eigenvalue weighted by Crippen LogP contribution is -2.24. The number of hydrogen-bond donors (Lipinski definition) is 1. The molecule has 0 fully saturated rings. The fraction of sp³-hybridized carbons (Fsp3) is 0.160. The number of nitrogens with one attached hydrogen (secondary N) is 1. The number of benzene rings is 3. The van der Waals surface area contributed by atoms with Crippen molar-refractivity contribution in [2.45, 2.75) is 19.9 Å². The van der Waals surface area contributed by atoms with Crippen molar-refractivity contribution in [3.63, 3.8) is 0 Å². The van der Waals surface area contributed by atoms with Crippen molar-refractivity contribution in [2.24, 2.45) is 0 Å². The number of hydrogen-bond acceptors (Lipinski definition) is 5. The van der Waals surface area contributed by atoms with Crippen molar-refractivity contribution >= 4 is 44.4 Å². The molecule has 0 radical (unpaired) electrons. The molecule has 0 aliphatic carbocycles. The third kappa shape index (κ3) is 3.37. The molecule has 1 N–H and O–H groups in total. The second-order valence-electron chi connectivity index (χ2n) is 7.66. The summed E-state index contributed by atoms with van der Waals surface area (Å²) in [6.07, 6.45) is 1.60. The summed E-state index contributed by atoms with van der Waals surface area (Å²) in [7, 11) is 1.56. The number of furan rings is 1. The van der Waals surface area contributed by atoms with E-state index in [4.69, 9.17) is 9.15 Å². The molecular weight excluding hydrogens is 406 g/mol. The van der Waals surface area contributed by atoms with Crippen LogP contribution >= 0.6 is 0 Å². The Morgan fingerprint density at radius 1 is 1.06 bits per heavy atom. The summed E-state index contributed by atoms with van der Waals surface area (Å²) in [5, 5.41) is 5.32. The number of para-hydroxylation sites is 2. The minimum absolute atomic E-state index is 0.111. The monoisotopic (exact) mass is 427 g/mol. The minimum atomic E-state index is -0.241. The highest BCUT2D eigenvalue weighted by molar-refractivity contribution is 6.07. The number of carbonyl (C=O) groups excluding carboxylic acids is 1. The van der Waals surface area contributed by atoms with Crippen LogP contribution in [-0.4, -0.2) is 22.6 Å². The van der Waals surface area contributed by atoms with Crippen molar-refractivity contribution in [3.05, 3.63) is 76.8 Å². The van der Waals surface area contributed by atoms with Crippen LogP contribution in [0.15, 0.2) is 70.1 Å². The number of amides is 1. The molecule has 0 saturated carbocycles. The van der Waals surface area contributed by atoms with E-state index in [1.807, 2.05) is 49.4 Å². The topological polar surface area (TPSA) is 86.4 Å². The lowest BCUT2D eigenvalue weighted by atomic mass is 10.1. The van der Waals surface area contributed by atoms with Crippen LogP contribution in [0.1, 0.15) is 12.0 Å². The number of aromatic nitrogens is 2. The number of nitrogens with zero attached hydrogens (tertiary/aromatic N) is 2. The van der Waals surface area contributed by atoms with E-state index in [2.05, 4.69) is 10.3 Å². The Morgan fingerprint density at radius 2 is 1.88 bits per heavy atom. The van der Waals surface area contributed by atoms with Gasteiger partial charge >= 0.3 is 0 Å². The van der Waals surface area contributed by atoms with E-state index in [0.717, 1.165) is 21.9 Å². The molecule has 5 aromatic rings. The summed E-state index contributed by atoms with van der Waals surface area (Å²) >= 11 is 0. The summed E-state index contributed by atoms with van der Waals surface area (Å²) in [6, 6.07) is 16.9. The highest BCUT2D eigenvalue weighted by atomic mass is 16.5. The Balaban J connectivity index is 1.38. The molecule has 7 heteroatoms. The molecule has 2 heterocycles. The Morgan fingerprint density at radius 3 is 2.72 bits per heavy atom. The SMILES string of the molecule is COc1cc2c(cc1NC(=O)CCn1cnc3c(C)cccc3c1=O)oc1ccccc12. The molecule has 32 heavy (non-hydrogen) atoms. The van der Waals surface area contributed by atoms with Crippen LogP contribution in [0.25, 0.3) is 32.8 Å². The first kappa shape index (κ1) is 19.8. The number of rotatable bonds is 5. The van der Waals surface area contributed by atoms with Gasteiger partial charge in [-0.3, -0.25) is 14.2 Å². The molecule has 0 unspecified atom stereocenters. The quantitative estimate of drug-likeness (QED) is 0.442. The van der Waals surface area contributed by atoms with Gasteiger partial charge in [-0.25, -0.2) is 4.98 Å². The van der Waals surface area contributed by atoms with Gasteiger partial charge in [0.15, 0.2) is 0 Å². The van der Waals surface area contributed by atoms with Crippen LogP contribution in [0.4, 0.5) is 5.69 Å². The third-order valence-corrected chi connectivity index (χ3v) is 5.61. The van der Waals surface area contributed by atoms with Crippen LogP contribution in [0.2, 0.25) is 0 Å². The summed E-state index contributed by atoms with van der Waals surface area (Å²) in [4.78, 5) is 29.8. The number of ether oxygens (including phenoxy) is 1. The molecule has 0 atom stereocenters. The van der Waals surface area contributed by atoms with Gasteiger partial charge in [-0.05, 0) is 30.7 Å². The van der Waals surface area contributed by atoms with Crippen molar-refractivity contribution in [1.29, 1.82) is 0 Å². The van der Waals surface area contributed by atoms with Crippen LogP contribution < -0.4 is 15.6 Å². The van der Waals surface area contributed by atoms with Gasteiger partial charge < -0.3 is 14.5 Å². The molecule has 0 aliphatic heterocycles. The number of fused-ring (bicyclic) bond motifs is 4. The molecule has 5 rings (SSSR count). The predicted molar refractivity (Wildman–Crippen MR) is 124 cm³/mol. The highest BCUT2D eigenvalue weighted by Crippen LogP contribution is 2.36. The smallest absolute Gasteiger partial charge is 0.261 e. The van der Waals surface area contributed by atoms with Crippen molar-refractivity contribution in [3.8, 4) is 5.75 Å². The fourth-order valence-electron chi connectivity index (χ4n) is 3.95. The lowest BCUT2D eigenvalue weighted by Gasteiger charge is -2.11. The van der Waals surface area contributed by atoms with Crippen LogP contribution in [0.5, 0.6) is 5.75 Å². The zero-order valence-corrected chi connectivity index (χ0v) is 17.7. The van der Waals surface area contributed by atoms with Crippen molar-refractivity contribution < 1.29 is 13.9 Å². The molecular formula is C25H21N3O4. The Bertz CT molecular complexity index is 1550. The number of carbonyl (C=O) groups is 1. The van der Waals surface area contributed by atoms with E-state index in [-0.39, 0.29) is 24.4 Å². The second kappa shape index (κ2) is 7.85. The predicted octanol–water partition coefficient (Wildman–Crippen LogP) is 4.64. The number of aryl methyl sites for hydroxylation is 2. The largest absolute Gasteiger partial charge is 0.495 e. The lowest BCUT2D eigenvalue weighted by molar-refractivity contribution is -0.116. The summed E-state index contributed by atoms with van der Waals surface area (Å²) in [5.41, 5.74) is 3.41. The molecule has 7 nitrogen and oxygen atoms in total. The van der Waals surface area contributed by atoms with Gasteiger partial charge in [0.2, 0.25) is 5.91 Å². The molecule has 1 amide bonds. The minimum Gasteiger partial charge on any atom is -0.495 e. The zero-order valence-electron chi connectivity index (χ0n) is 17.7. The Hall–Kier alpha value is -4.13. The standard InChI is InChI=1S/C25H21N3O4/c1-15-6-5-8-17-24(15)26-14-28(25(17)30)11-10-23(29)27-19-13-21-18(12-22(19)31-2)16-7-3-4-9-20(16)32-21/h3-9,12-14H,10-11H2,1-2H3,(H,27,29). The highest BCUT2D eigenvalue weighted by Gasteiger charge is 2.14. The Labute approximate surface area is 183 Å². The van der Waals surface area contributed by atoms with Gasteiger partial charge in [-0.15, -0.1) is 0 Å². The van der Waals surface area contributed by atoms with Crippen LogP contribution in [0.3, 0.4) is 0 Å². The molecule has 0 spiro atoms. The van der Waals surface area contributed by atoms with E-state index < -0.39 is 0 Å². The van der Waals surface area contributed by atoms with Crippen molar-refractivity contribution in [1.82, 2.24) is 9.55 Å². The maximum Gasteiger partial charge on any atom is 0.261 e. The second-order valence-corrected chi connectivity index (χ2v) is 7.66. The molecule has 0 bridgehead atoms. The van der Waals surface area contributed by atoms with Gasteiger partial charge in [0.25, 0.3) is 5.56 Å². The summed E-state index contributed by atoms with van der Waals surface area (Å²) in [6.45, 7) is 2.13. The van der Waals surface area contributed by atoms with E-state index in [1.165, 1.54) is 10.9 Å². The maximum atomic E-state index is 12.7. The van der Waals surface area contributed by atoms with Gasteiger partial charge in [-0.2, -0.15) is 0 Å². The van der Waals surface area contributed by atoms with Gasteiger partial charge in [0, 0.05) is 29.8 Å². The average molecular weight is 427 g/mol. The molecule has 0 saturated heterocycles. The normalized spacial score (nSPS) is 11.3. The molecule has 3 aromatic carbocycles. The molecule has 0 aliphatic rings. The molecule has 160 valence electrons. The van der Waals surface area contributed by atoms with Gasteiger partial charge in [0.1, 0.15) is 16.9 Å². The fourth-order valence-corrected chi connectivity index (χ4v) is 3.95. The summed E-state index contributed by atoms with van der Waals surface area (Å²) in [5.74, 6) is 0.299. The first-order valence-electron chi connectivity index (χ1n) is 10.3. The van der Waals surface area contributed by atoms with Gasteiger partial charge in [0.05, 0.1) is 30.0 Å². The van der Waals surface area contributed by atoms with E-state index in [0.29, 0.717) is 27.9 Å². The summed E-state index contributed by atoms with van der Waals surface area (Å²) < 4.78 is 12.9. The first-order chi connectivity index (χ1) is 15.5. The third-order valence-electron chi connectivity index (χ3n) is 5.61. The first-order valence-corrected chi connectivity index (χ1v) is 10.3. The van der Waals surface area contributed by atoms with E-state index >= 15 is 0 Å².